The first kappa shape index (κ1) is 21.3. The number of nitrogens with zero attached hydrogens (tertiary/aromatic N) is 1. The molecule has 1 heterocycles. The molecule has 1 aromatic heterocycles. The van der Waals surface area contributed by atoms with Gasteiger partial charge in [0.2, 0.25) is 5.75 Å². The van der Waals surface area contributed by atoms with Gasteiger partial charge in [0, 0.05) is 16.5 Å². The summed E-state index contributed by atoms with van der Waals surface area (Å²) < 4.78 is 26.6. The Labute approximate surface area is 178 Å². The van der Waals surface area contributed by atoms with E-state index in [2.05, 4.69) is 10.3 Å². The van der Waals surface area contributed by atoms with Crippen LogP contribution in [0.1, 0.15) is 10.4 Å². The summed E-state index contributed by atoms with van der Waals surface area (Å²) in [5.41, 5.74) is 1.78. The molecule has 158 valence electrons. The monoisotopic (exact) mass is 430 g/mol. The molecule has 30 heavy (non-hydrogen) atoms. The van der Waals surface area contributed by atoms with Gasteiger partial charge in [-0.25, -0.2) is 4.98 Å². The quantitative estimate of drug-likeness (QED) is 0.575. The van der Waals surface area contributed by atoms with Crippen LogP contribution in [-0.4, -0.2) is 46.4 Å². The van der Waals surface area contributed by atoms with Gasteiger partial charge >= 0.3 is 0 Å². The van der Waals surface area contributed by atoms with E-state index in [9.17, 15) is 4.79 Å². The number of anilines is 1. The van der Waals surface area contributed by atoms with E-state index in [0.717, 1.165) is 5.56 Å². The molecule has 1 amide bonds. The summed E-state index contributed by atoms with van der Waals surface area (Å²) in [4.78, 5) is 17.3. The molecule has 9 heteroatoms. The lowest BCUT2D eigenvalue weighted by atomic mass is 10.1. The highest BCUT2D eigenvalue weighted by Crippen LogP contribution is 2.39. The van der Waals surface area contributed by atoms with Gasteiger partial charge in [-0.1, -0.05) is 0 Å². The number of amides is 1. The van der Waals surface area contributed by atoms with E-state index in [1.165, 1.54) is 32.7 Å². The van der Waals surface area contributed by atoms with Gasteiger partial charge in [-0.2, -0.15) is 0 Å². The van der Waals surface area contributed by atoms with Crippen molar-refractivity contribution in [2.75, 3.05) is 40.9 Å². The average molecular weight is 430 g/mol. The van der Waals surface area contributed by atoms with Gasteiger partial charge < -0.3 is 23.7 Å². The molecule has 0 unspecified atom stereocenters. The van der Waals surface area contributed by atoms with E-state index in [1.54, 1.807) is 26.4 Å². The number of thiazole rings is 1. The van der Waals surface area contributed by atoms with Crippen molar-refractivity contribution in [3.8, 4) is 40.0 Å². The molecule has 0 bridgehead atoms. The highest BCUT2D eigenvalue weighted by Gasteiger charge is 2.18. The Morgan fingerprint density at radius 3 is 2.10 bits per heavy atom. The summed E-state index contributed by atoms with van der Waals surface area (Å²) in [6.45, 7) is 0. The van der Waals surface area contributed by atoms with Crippen LogP contribution in [0.5, 0.6) is 28.7 Å². The average Bonchev–Trinajstić information content (AvgIpc) is 3.25. The minimum absolute atomic E-state index is 0.347. The Morgan fingerprint density at radius 2 is 1.53 bits per heavy atom. The minimum atomic E-state index is -0.354. The summed E-state index contributed by atoms with van der Waals surface area (Å²) in [6.07, 6.45) is 0. The van der Waals surface area contributed by atoms with Crippen LogP contribution in [0, 0.1) is 0 Å². The number of carbonyl (C=O) groups excluding carboxylic acids is 1. The molecular formula is C21H22N2O6S. The molecule has 1 N–H and O–H groups in total. The topological polar surface area (TPSA) is 88.1 Å². The third-order valence-corrected chi connectivity index (χ3v) is 5.09. The van der Waals surface area contributed by atoms with Crippen LogP contribution in [0.15, 0.2) is 35.7 Å². The zero-order valence-corrected chi connectivity index (χ0v) is 18.1. The van der Waals surface area contributed by atoms with Gasteiger partial charge in [0.1, 0.15) is 11.5 Å². The van der Waals surface area contributed by atoms with Gasteiger partial charge in [0.15, 0.2) is 16.6 Å². The smallest absolute Gasteiger partial charge is 0.257 e. The molecule has 0 aliphatic carbocycles. The predicted octanol–water partition coefficient (Wildman–Crippen LogP) is 4.11. The van der Waals surface area contributed by atoms with Crippen molar-refractivity contribution in [3.63, 3.8) is 0 Å². The van der Waals surface area contributed by atoms with Crippen molar-refractivity contribution in [2.24, 2.45) is 0 Å². The van der Waals surface area contributed by atoms with Crippen LogP contribution >= 0.6 is 11.3 Å². The molecule has 0 saturated carbocycles. The molecule has 0 radical (unpaired) electrons. The molecule has 0 atom stereocenters. The third kappa shape index (κ3) is 4.25. The number of hydrogen-bond acceptors (Lipinski definition) is 8. The number of benzene rings is 2. The highest BCUT2D eigenvalue weighted by molar-refractivity contribution is 7.14. The maximum absolute atomic E-state index is 12.8. The minimum Gasteiger partial charge on any atom is -0.497 e. The number of nitrogens with one attached hydrogen (secondary N) is 1. The van der Waals surface area contributed by atoms with Gasteiger partial charge in [-0.15, -0.1) is 11.3 Å². The van der Waals surface area contributed by atoms with Gasteiger partial charge in [0.25, 0.3) is 5.91 Å². The SMILES string of the molecule is COc1ccc(OC)c(-c2csc(NC(=O)c3cc(OC)c(OC)c(OC)c3)n2)c1. The Bertz CT molecular complexity index is 1020. The molecule has 0 saturated heterocycles. The zero-order chi connectivity index (χ0) is 21.7. The Balaban J connectivity index is 1.87. The fourth-order valence-electron chi connectivity index (χ4n) is 2.85. The van der Waals surface area contributed by atoms with E-state index in [-0.39, 0.29) is 5.91 Å². The highest BCUT2D eigenvalue weighted by atomic mass is 32.1. The third-order valence-electron chi connectivity index (χ3n) is 4.33. The largest absolute Gasteiger partial charge is 0.497 e. The molecule has 3 aromatic rings. The maximum Gasteiger partial charge on any atom is 0.257 e. The van der Waals surface area contributed by atoms with Crippen molar-refractivity contribution < 1.29 is 28.5 Å². The van der Waals surface area contributed by atoms with E-state index >= 15 is 0 Å². The van der Waals surface area contributed by atoms with E-state index in [0.29, 0.717) is 45.1 Å². The summed E-state index contributed by atoms with van der Waals surface area (Å²) in [5, 5.41) is 5.07. The van der Waals surface area contributed by atoms with Crippen LogP contribution < -0.4 is 29.0 Å². The number of carbonyl (C=O) groups is 1. The fraction of sp³-hybridized carbons (Fsp3) is 0.238. The summed E-state index contributed by atoms with van der Waals surface area (Å²) >= 11 is 1.30. The molecule has 8 nitrogen and oxygen atoms in total. The van der Waals surface area contributed by atoms with Crippen molar-refractivity contribution in [2.45, 2.75) is 0 Å². The van der Waals surface area contributed by atoms with Crippen LogP contribution in [0.4, 0.5) is 5.13 Å². The lowest BCUT2D eigenvalue weighted by Crippen LogP contribution is -2.12. The molecule has 0 aliphatic heterocycles. The zero-order valence-electron chi connectivity index (χ0n) is 17.3. The van der Waals surface area contributed by atoms with E-state index in [1.807, 2.05) is 23.6 Å². The molecule has 0 spiro atoms. The molecule has 0 aliphatic rings. The Morgan fingerprint density at radius 1 is 0.867 bits per heavy atom. The predicted molar refractivity (Wildman–Crippen MR) is 115 cm³/mol. The Kier molecular flexibility index (Phi) is 6.63. The lowest BCUT2D eigenvalue weighted by molar-refractivity contribution is 0.102. The Hall–Kier alpha value is -3.46. The fourth-order valence-corrected chi connectivity index (χ4v) is 3.56. The maximum atomic E-state index is 12.8. The molecule has 0 fully saturated rings. The van der Waals surface area contributed by atoms with Crippen molar-refractivity contribution in [1.29, 1.82) is 0 Å². The van der Waals surface area contributed by atoms with Crippen molar-refractivity contribution in [1.82, 2.24) is 4.98 Å². The number of ether oxygens (including phenoxy) is 5. The number of methoxy groups -OCH3 is 5. The van der Waals surface area contributed by atoms with Crippen molar-refractivity contribution in [3.05, 3.63) is 41.3 Å². The molecule has 2 aromatic carbocycles. The second-order valence-corrected chi connectivity index (χ2v) is 6.83. The van der Waals surface area contributed by atoms with Crippen LogP contribution in [0.3, 0.4) is 0 Å². The van der Waals surface area contributed by atoms with Gasteiger partial charge in [-0.3, -0.25) is 10.1 Å². The standard InChI is InChI=1S/C21H22N2O6S/c1-25-13-6-7-16(26-2)14(10-13)15-11-30-21(22-15)23-20(24)12-8-17(27-3)19(29-5)18(9-12)28-4/h6-11H,1-5H3,(H,22,23,24). The van der Waals surface area contributed by atoms with Crippen LogP contribution in [0.25, 0.3) is 11.3 Å². The first-order valence-corrected chi connectivity index (χ1v) is 9.71. The van der Waals surface area contributed by atoms with Crippen LogP contribution in [0.2, 0.25) is 0 Å². The molecule has 3 rings (SSSR count). The van der Waals surface area contributed by atoms with E-state index in [4.69, 9.17) is 23.7 Å². The van der Waals surface area contributed by atoms with E-state index < -0.39 is 0 Å². The van der Waals surface area contributed by atoms with Gasteiger partial charge in [0.05, 0.1) is 41.2 Å². The number of hydrogen-bond donors (Lipinski definition) is 1. The summed E-state index contributed by atoms with van der Waals surface area (Å²) in [7, 11) is 7.67. The van der Waals surface area contributed by atoms with Crippen molar-refractivity contribution >= 4 is 22.4 Å². The molecular weight excluding hydrogens is 408 g/mol. The van der Waals surface area contributed by atoms with Gasteiger partial charge in [-0.05, 0) is 30.3 Å². The number of rotatable bonds is 8. The summed E-state index contributed by atoms with van der Waals surface area (Å²) in [6, 6.07) is 8.61. The summed E-state index contributed by atoms with van der Waals surface area (Å²) in [5.74, 6) is 2.18. The van der Waals surface area contributed by atoms with Crippen LogP contribution in [-0.2, 0) is 0 Å². The first-order chi connectivity index (χ1) is 14.5. The normalized spacial score (nSPS) is 10.3. The first-order valence-electron chi connectivity index (χ1n) is 8.83. The lowest BCUT2D eigenvalue weighted by Gasteiger charge is -2.13. The number of aromatic nitrogens is 1. The second-order valence-electron chi connectivity index (χ2n) is 5.97. The second kappa shape index (κ2) is 9.36.